The van der Waals surface area contributed by atoms with Crippen LogP contribution >= 0.6 is 0 Å². The van der Waals surface area contributed by atoms with Gasteiger partial charge in [-0.2, -0.15) is 0 Å². The Morgan fingerprint density at radius 3 is 3.06 bits per heavy atom. The Morgan fingerprint density at radius 2 is 2.22 bits per heavy atom. The lowest BCUT2D eigenvalue weighted by Crippen LogP contribution is -2.24. The lowest BCUT2D eigenvalue weighted by molar-refractivity contribution is -0.121. The van der Waals surface area contributed by atoms with Crippen LogP contribution in [0.2, 0.25) is 0 Å². The van der Waals surface area contributed by atoms with E-state index in [4.69, 9.17) is 0 Å². The molecule has 0 atom stereocenters. The molecule has 0 aliphatic carbocycles. The molecule has 1 amide bonds. The van der Waals surface area contributed by atoms with Crippen molar-refractivity contribution < 1.29 is 4.79 Å². The highest BCUT2D eigenvalue weighted by Gasteiger charge is 2.05. The molecule has 0 aliphatic heterocycles. The quantitative estimate of drug-likeness (QED) is 0.593. The molecule has 94 valence electrons. The fraction of sp³-hybridized carbons (Fsp3) is 0.267. The van der Waals surface area contributed by atoms with Crippen LogP contribution in [-0.2, 0) is 11.2 Å². The van der Waals surface area contributed by atoms with Crippen LogP contribution in [0.4, 0.5) is 0 Å². The third kappa shape index (κ3) is 3.00. The highest BCUT2D eigenvalue weighted by atomic mass is 16.1. The van der Waals surface area contributed by atoms with Crippen LogP contribution in [0, 0.1) is 0 Å². The molecule has 0 radical (unpaired) electrons. The van der Waals surface area contributed by atoms with E-state index in [2.05, 4.69) is 22.9 Å². The first-order chi connectivity index (χ1) is 8.81. The van der Waals surface area contributed by atoms with Crippen molar-refractivity contribution in [2.75, 3.05) is 6.54 Å². The molecule has 0 unspecified atom stereocenters. The Hall–Kier alpha value is -2.03. The number of para-hydroxylation sites is 1. The molecule has 3 heteroatoms. The number of aromatic amines is 1. The summed E-state index contributed by atoms with van der Waals surface area (Å²) in [6, 6.07) is 8.15. The Bertz CT molecular complexity index is 542. The zero-order valence-corrected chi connectivity index (χ0v) is 10.4. The second-order valence-electron chi connectivity index (χ2n) is 4.29. The largest absolute Gasteiger partial charge is 0.361 e. The molecule has 3 nitrogen and oxygen atoms in total. The average Bonchev–Trinajstić information content (AvgIpc) is 2.80. The standard InChI is InChI=1S/C15H18N2O/c1-2-3-10-16-15(18)9-8-12-11-17-14-7-5-4-6-13(12)14/h2,4-7,11,17H,1,3,8-10H2,(H,16,18). The summed E-state index contributed by atoms with van der Waals surface area (Å²) < 4.78 is 0. The van der Waals surface area contributed by atoms with Gasteiger partial charge >= 0.3 is 0 Å². The zero-order valence-electron chi connectivity index (χ0n) is 10.4. The third-order valence-corrected chi connectivity index (χ3v) is 2.97. The number of hydrogen-bond acceptors (Lipinski definition) is 1. The van der Waals surface area contributed by atoms with Crippen molar-refractivity contribution in [3.05, 3.63) is 48.7 Å². The molecular weight excluding hydrogens is 224 g/mol. The van der Waals surface area contributed by atoms with Gasteiger partial charge in [-0.15, -0.1) is 6.58 Å². The molecule has 2 aromatic rings. The van der Waals surface area contributed by atoms with Crippen LogP contribution in [0.1, 0.15) is 18.4 Å². The molecule has 0 bridgehead atoms. The summed E-state index contributed by atoms with van der Waals surface area (Å²) in [5.74, 6) is 0.0992. The van der Waals surface area contributed by atoms with Gasteiger partial charge < -0.3 is 10.3 Å². The minimum atomic E-state index is 0.0992. The van der Waals surface area contributed by atoms with Gasteiger partial charge in [0.2, 0.25) is 5.91 Å². The zero-order chi connectivity index (χ0) is 12.8. The second kappa shape index (κ2) is 6.05. The molecule has 0 aliphatic rings. The lowest BCUT2D eigenvalue weighted by Gasteiger charge is -2.02. The maximum absolute atomic E-state index is 11.6. The van der Waals surface area contributed by atoms with Crippen LogP contribution in [0.25, 0.3) is 10.9 Å². The van der Waals surface area contributed by atoms with E-state index in [-0.39, 0.29) is 5.91 Å². The average molecular weight is 242 g/mol. The van der Waals surface area contributed by atoms with Crippen molar-refractivity contribution >= 4 is 16.8 Å². The number of nitrogens with one attached hydrogen (secondary N) is 2. The molecule has 0 spiro atoms. The van der Waals surface area contributed by atoms with Crippen LogP contribution in [-0.4, -0.2) is 17.4 Å². The molecule has 0 fully saturated rings. The SMILES string of the molecule is C=CCCNC(=O)CCc1c[nH]c2ccccc12. The third-order valence-electron chi connectivity index (χ3n) is 2.97. The van der Waals surface area contributed by atoms with E-state index in [0.717, 1.165) is 18.4 Å². The number of aromatic nitrogens is 1. The Labute approximate surface area is 107 Å². The number of aryl methyl sites for hydroxylation is 1. The maximum atomic E-state index is 11.6. The molecule has 1 heterocycles. The highest BCUT2D eigenvalue weighted by molar-refractivity contribution is 5.84. The summed E-state index contributed by atoms with van der Waals surface area (Å²) in [6.07, 6.45) is 5.91. The highest BCUT2D eigenvalue weighted by Crippen LogP contribution is 2.18. The fourth-order valence-corrected chi connectivity index (χ4v) is 1.99. The molecule has 0 saturated heterocycles. The van der Waals surface area contributed by atoms with Gasteiger partial charge in [-0.1, -0.05) is 24.3 Å². The van der Waals surface area contributed by atoms with Crippen molar-refractivity contribution in [2.24, 2.45) is 0 Å². The minimum Gasteiger partial charge on any atom is -0.361 e. The van der Waals surface area contributed by atoms with Crippen LogP contribution in [0.3, 0.4) is 0 Å². The van der Waals surface area contributed by atoms with E-state index >= 15 is 0 Å². The number of rotatable bonds is 6. The van der Waals surface area contributed by atoms with Crippen molar-refractivity contribution in [1.29, 1.82) is 0 Å². The molecule has 0 saturated carbocycles. The Kier molecular flexibility index (Phi) is 4.18. The monoisotopic (exact) mass is 242 g/mol. The molecule has 1 aromatic heterocycles. The van der Waals surface area contributed by atoms with Crippen molar-refractivity contribution in [3.8, 4) is 0 Å². The van der Waals surface area contributed by atoms with Gasteiger partial charge in [-0.05, 0) is 24.5 Å². The van der Waals surface area contributed by atoms with Crippen molar-refractivity contribution in [2.45, 2.75) is 19.3 Å². The summed E-state index contributed by atoms with van der Waals surface area (Å²) in [7, 11) is 0. The number of carbonyl (C=O) groups excluding carboxylic acids is 1. The maximum Gasteiger partial charge on any atom is 0.220 e. The predicted octanol–water partition coefficient (Wildman–Crippen LogP) is 2.79. The van der Waals surface area contributed by atoms with Gasteiger partial charge in [0.25, 0.3) is 0 Å². The van der Waals surface area contributed by atoms with Crippen molar-refractivity contribution in [1.82, 2.24) is 10.3 Å². The van der Waals surface area contributed by atoms with E-state index in [0.29, 0.717) is 13.0 Å². The van der Waals surface area contributed by atoms with Crippen LogP contribution in [0.15, 0.2) is 43.1 Å². The smallest absolute Gasteiger partial charge is 0.220 e. The predicted molar refractivity (Wildman–Crippen MR) is 74.4 cm³/mol. The number of H-pyrrole nitrogens is 1. The summed E-state index contributed by atoms with van der Waals surface area (Å²) in [4.78, 5) is 14.8. The molecule has 18 heavy (non-hydrogen) atoms. The molecule has 2 rings (SSSR count). The van der Waals surface area contributed by atoms with Gasteiger partial charge in [0.15, 0.2) is 0 Å². The number of carbonyl (C=O) groups is 1. The van der Waals surface area contributed by atoms with Gasteiger partial charge in [0.1, 0.15) is 0 Å². The summed E-state index contributed by atoms with van der Waals surface area (Å²) in [5, 5.41) is 4.08. The minimum absolute atomic E-state index is 0.0992. The summed E-state index contributed by atoms with van der Waals surface area (Å²) in [5.41, 5.74) is 2.32. The van der Waals surface area contributed by atoms with E-state index in [1.807, 2.05) is 24.4 Å². The number of hydrogen-bond donors (Lipinski definition) is 2. The van der Waals surface area contributed by atoms with E-state index in [1.54, 1.807) is 6.08 Å². The summed E-state index contributed by atoms with van der Waals surface area (Å²) >= 11 is 0. The van der Waals surface area contributed by atoms with Crippen molar-refractivity contribution in [3.63, 3.8) is 0 Å². The normalized spacial score (nSPS) is 10.4. The molecule has 1 aromatic carbocycles. The van der Waals surface area contributed by atoms with Gasteiger partial charge in [0.05, 0.1) is 0 Å². The Morgan fingerprint density at radius 1 is 1.39 bits per heavy atom. The first kappa shape index (κ1) is 12.4. The second-order valence-corrected chi connectivity index (χ2v) is 4.29. The van der Waals surface area contributed by atoms with E-state index in [1.165, 1.54) is 10.9 Å². The van der Waals surface area contributed by atoms with Crippen LogP contribution < -0.4 is 5.32 Å². The molecular formula is C15H18N2O. The van der Waals surface area contributed by atoms with Gasteiger partial charge in [-0.3, -0.25) is 4.79 Å². The van der Waals surface area contributed by atoms with Gasteiger partial charge in [-0.25, -0.2) is 0 Å². The van der Waals surface area contributed by atoms with E-state index < -0.39 is 0 Å². The first-order valence-corrected chi connectivity index (χ1v) is 6.24. The number of fused-ring (bicyclic) bond motifs is 1. The lowest BCUT2D eigenvalue weighted by atomic mass is 10.1. The number of benzene rings is 1. The van der Waals surface area contributed by atoms with Gasteiger partial charge in [0, 0.05) is 30.1 Å². The summed E-state index contributed by atoms with van der Waals surface area (Å²) in [6.45, 7) is 4.30. The van der Waals surface area contributed by atoms with E-state index in [9.17, 15) is 4.79 Å². The van der Waals surface area contributed by atoms with Crippen LogP contribution in [0.5, 0.6) is 0 Å². The number of amides is 1. The fourth-order valence-electron chi connectivity index (χ4n) is 1.99. The molecule has 2 N–H and O–H groups in total. The Balaban J connectivity index is 1.90. The topological polar surface area (TPSA) is 44.9 Å². The first-order valence-electron chi connectivity index (χ1n) is 6.24.